The van der Waals surface area contributed by atoms with Crippen LogP contribution in [0.3, 0.4) is 0 Å². The highest BCUT2D eigenvalue weighted by atomic mass is 16.5. The first-order chi connectivity index (χ1) is 9.08. The average Bonchev–Trinajstić information content (AvgIpc) is 2.40. The summed E-state index contributed by atoms with van der Waals surface area (Å²) in [4.78, 5) is 0. The van der Waals surface area contributed by atoms with Crippen molar-refractivity contribution in [3.63, 3.8) is 0 Å². The zero-order valence-electron chi connectivity index (χ0n) is 12.6. The minimum Gasteiger partial charge on any atom is -0.392 e. The van der Waals surface area contributed by atoms with Gasteiger partial charge in [0.2, 0.25) is 0 Å². The Morgan fingerprint density at radius 3 is 2.53 bits per heavy atom. The number of aliphatic hydroxyl groups is 1. The van der Waals surface area contributed by atoms with Gasteiger partial charge >= 0.3 is 0 Å². The molecule has 1 aliphatic carbocycles. The summed E-state index contributed by atoms with van der Waals surface area (Å²) in [7, 11) is 0. The zero-order chi connectivity index (χ0) is 13.9. The minimum absolute atomic E-state index is 0.0816. The molecule has 1 spiro atoms. The second-order valence-electron chi connectivity index (χ2n) is 6.98. The summed E-state index contributed by atoms with van der Waals surface area (Å²) in [6.07, 6.45) is 8.06. The van der Waals surface area contributed by atoms with E-state index in [0.29, 0.717) is 18.4 Å². The Labute approximate surface area is 117 Å². The lowest BCUT2D eigenvalue weighted by Gasteiger charge is -2.46. The number of nitrogens with two attached hydrogens (primary N) is 1. The Hall–Kier alpha value is -0.120. The van der Waals surface area contributed by atoms with E-state index < -0.39 is 0 Å². The maximum Gasteiger partial charge on any atom is 0.0686 e. The quantitative estimate of drug-likeness (QED) is 0.825. The summed E-state index contributed by atoms with van der Waals surface area (Å²) in [6.45, 7) is 5.73. The SMILES string of the molecule is CC(C)C(CN)C(O)C1CCOC2(CCCCC2)C1. The number of hydrogen-bond acceptors (Lipinski definition) is 3. The van der Waals surface area contributed by atoms with Gasteiger partial charge in [-0.25, -0.2) is 0 Å². The van der Waals surface area contributed by atoms with Gasteiger partial charge in [0.25, 0.3) is 0 Å². The van der Waals surface area contributed by atoms with Gasteiger partial charge in [0.15, 0.2) is 0 Å². The molecule has 2 fully saturated rings. The fourth-order valence-corrected chi connectivity index (χ4v) is 4.06. The van der Waals surface area contributed by atoms with Crippen LogP contribution in [0.5, 0.6) is 0 Å². The van der Waals surface area contributed by atoms with Gasteiger partial charge in [0, 0.05) is 6.61 Å². The normalized spacial score (nSPS) is 30.5. The summed E-state index contributed by atoms with van der Waals surface area (Å²) in [5.41, 5.74) is 5.94. The Balaban J connectivity index is 1.99. The van der Waals surface area contributed by atoms with Crippen LogP contribution in [0, 0.1) is 17.8 Å². The van der Waals surface area contributed by atoms with Gasteiger partial charge in [-0.1, -0.05) is 33.1 Å². The van der Waals surface area contributed by atoms with Crippen LogP contribution in [0.2, 0.25) is 0 Å². The van der Waals surface area contributed by atoms with Crippen molar-refractivity contribution in [2.45, 2.75) is 70.5 Å². The molecule has 0 aromatic heterocycles. The third-order valence-corrected chi connectivity index (χ3v) is 5.35. The lowest BCUT2D eigenvalue weighted by Crippen LogP contribution is -2.47. The predicted octanol–water partition coefficient (Wildman–Crippen LogP) is 2.71. The van der Waals surface area contributed by atoms with E-state index in [-0.39, 0.29) is 17.6 Å². The number of aliphatic hydroxyl groups excluding tert-OH is 1. The molecule has 3 heteroatoms. The van der Waals surface area contributed by atoms with Crippen LogP contribution in [0.4, 0.5) is 0 Å². The smallest absolute Gasteiger partial charge is 0.0686 e. The molecule has 3 unspecified atom stereocenters. The number of hydrogen-bond donors (Lipinski definition) is 2. The summed E-state index contributed by atoms with van der Waals surface area (Å²) >= 11 is 0. The van der Waals surface area contributed by atoms with Gasteiger partial charge in [0.1, 0.15) is 0 Å². The van der Waals surface area contributed by atoms with Gasteiger partial charge in [-0.05, 0) is 50.0 Å². The number of ether oxygens (including phenoxy) is 1. The fraction of sp³-hybridized carbons (Fsp3) is 1.00. The van der Waals surface area contributed by atoms with E-state index in [9.17, 15) is 5.11 Å². The third-order valence-electron chi connectivity index (χ3n) is 5.35. The van der Waals surface area contributed by atoms with Crippen LogP contribution >= 0.6 is 0 Å². The molecule has 1 heterocycles. The van der Waals surface area contributed by atoms with Crippen LogP contribution in [0.15, 0.2) is 0 Å². The molecule has 1 aliphatic heterocycles. The van der Waals surface area contributed by atoms with Crippen molar-refractivity contribution in [2.24, 2.45) is 23.5 Å². The van der Waals surface area contributed by atoms with E-state index in [1.165, 1.54) is 32.1 Å². The van der Waals surface area contributed by atoms with Crippen LogP contribution in [-0.4, -0.2) is 30.0 Å². The molecule has 3 atom stereocenters. The molecule has 19 heavy (non-hydrogen) atoms. The molecule has 0 radical (unpaired) electrons. The lowest BCUT2D eigenvalue weighted by molar-refractivity contribution is -0.140. The highest BCUT2D eigenvalue weighted by Gasteiger charge is 2.42. The molecular weight excluding hydrogens is 238 g/mol. The van der Waals surface area contributed by atoms with Gasteiger partial charge in [-0.3, -0.25) is 0 Å². The first-order valence-corrected chi connectivity index (χ1v) is 8.10. The van der Waals surface area contributed by atoms with Crippen LogP contribution < -0.4 is 5.73 Å². The molecular formula is C16H31NO2. The molecule has 2 aliphatic rings. The molecule has 0 aromatic carbocycles. The molecule has 0 amide bonds. The van der Waals surface area contributed by atoms with Crippen molar-refractivity contribution in [2.75, 3.05) is 13.2 Å². The highest BCUT2D eigenvalue weighted by molar-refractivity contribution is 4.93. The van der Waals surface area contributed by atoms with Crippen molar-refractivity contribution in [1.29, 1.82) is 0 Å². The monoisotopic (exact) mass is 269 g/mol. The maximum atomic E-state index is 10.7. The van der Waals surface area contributed by atoms with Crippen LogP contribution in [0.1, 0.15) is 58.8 Å². The van der Waals surface area contributed by atoms with Crippen molar-refractivity contribution in [3.05, 3.63) is 0 Å². The van der Waals surface area contributed by atoms with Crippen molar-refractivity contribution in [1.82, 2.24) is 0 Å². The predicted molar refractivity (Wildman–Crippen MR) is 77.9 cm³/mol. The molecule has 1 saturated heterocycles. The topological polar surface area (TPSA) is 55.5 Å². The molecule has 2 rings (SSSR count). The molecule has 112 valence electrons. The van der Waals surface area contributed by atoms with Gasteiger partial charge in [-0.2, -0.15) is 0 Å². The van der Waals surface area contributed by atoms with Crippen LogP contribution in [0.25, 0.3) is 0 Å². The average molecular weight is 269 g/mol. The Kier molecular flexibility index (Phi) is 5.27. The van der Waals surface area contributed by atoms with Gasteiger partial charge in [0.05, 0.1) is 11.7 Å². The third kappa shape index (κ3) is 3.50. The Morgan fingerprint density at radius 1 is 1.26 bits per heavy atom. The lowest BCUT2D eigenvalue weighted by atomic mass is 9.71. The van der Waals surface area contributed by atoms with Gasteiger partial charge in [-0.15, -0.1) is 0 Å². The van der Waals surface area contributed by atoms with Crippen molar-refractivity contribution in [3.8, 4) is 0 Å². The molecule has 0 bridgehead atoms. The van der Waals surface area contributed by atoms with E-state index in [1.54, 1.807) is 0 Å². The summed E-state index contributed by atoms with van der Waals surface area (Å²) in [6, 6.07) is 0. The molecule has 3 nitrogen and oxygen atoms in total. The molecule has 0 aromatic rings. The minimum atomic E-state index is -0.257. The Morgan fingerprint density at radius 2 is 1.95 bits per heavy atom. The summed E-state index contributed by atoms with van der Waals surface area (Å²) < 4.78 is 6.12. The second kappa shape index (κ2) is 6.55. The standard InChI is InChI=1S/C16H31NO2/c1-12(2)14(11-17)15(18)13-6-9-19-16(10-13)7-4-3-5-8-16/h12-15,18H,3-11,17H2,1-2H3. The summed E-state index contributed by atoms with van der Waals surface area (Å²) in [5, 5.41) is 10.7. The second-order valence-corrected chi connectivity index (χ2v) is 6.98. The zero-order valence-corrected chi connectivity index (χ0v) is 12.6. The van der Waals surface area contributed by atoms with E-state index in [4.69, 9.17) is 10.5 Å². The number of rotatable bonds is 4. The van der Waals surface area contributed by atoms with E-state index in [2.05, 4.69) is 13.8 Å². The van der Waals surface area contributed by atoms with E-state index in [1.807, 2.05) is 0 Å². The molecule has 1 saturated carbocycles. The largest absolute Gasteiger partial charge is 0.392 e. The van der Waals surface area contributed by atoms with Gasteiger partial charge < -0.3 is 15.6 Å². The first kappa shape index (κ1) is 15.3. The first-order valence-electron chi connectivity index (χ1n) is 8.10. The maximum absolute atomic E-state index is 10.7. The van der Waals surface area contributed by atoms with Crippen molar-refractivity contribution < 1.29 is 9.84 Å². The fourth-order valence-electron chi connectivity index (χ4n) is 4.06. The van der Waals surface area contributed by atoms with E-state index >= 15 is 0 Å². The Bertz CT molecular complexity index is 268. The van der Waals surface area contributed by atoms with Crippen molar-refractivity contribution >= 4 is 0 Å². The van der Waals surface area contributed by atoms with E-state index in [0.717, 1.165) is 19.4 Å². The summed E-state index contributed by atoms with van der Waals surface area (Å²) in [5.74, 6) is 1.05. The molecule has 3 N–H and O–H groups in total. The highest BCUT2D eigenvalue weighted by Crippen LogP contribution is 2.42. The van der Waals surface area contributed by atoms with Crippen LogP contribution in [-0.2, 0) is 4.74 Å².